The van der Waals surface area contributed by atoms with Gasteiger partial charge in [0.25, 0.3) is 0 Å². The van der Waals surface area contributed by atoms with E-state index in [1.54, 1.807) is 6.20 Å². The minimum Gasteiger partial charge on any atom is -0.350 e. The molecule has 2 bridgehead atoms. The van der Waals surface area contributed by atoms with Crippen LogP contribution in [0.15, 0.2) is 12.3 Å². The predicted octanol–water partition coefficient (Wildman–Crippen LogP) is 1.32. The molecule has 108 valence electrons. The SMILES string of the molecule is Cc1nccc(CNC(=O)CC2CC3CCC(C2)N3)n1. The third-order valence-electron chi connectivity index (χ3n) is 4.35. The second kappa shape index (κ2) is 5.87. The number of nitrogens with zero attached hydrogens (tertiary/aromatic N) is 2. The Bertz CT molecular complexity index is 479. The molecule has 2 unspecified atom stereocenters. The molecule has 2 aliphatic heterocycles. The lowest BCUT2D eigenvalue weighted by atomic mass is 9.89. The van der Waals surface area contributed by atoms with Crippen molar-refractivity contribution in [2.24, 2.45) is 5.92 Å². The van der Waals surface area contributed by atoms with E-state index >= 15 is 0 Å². The zero-order valence-electron chi connectivity index (χ0n) is 11.9. The van der Waals surface area contributed by atoms with Crippen LogP contribution in [0.4, 0.5) is 0 Å². The normalized spacial score (nSPS) is 28.4. The molecule has 1 aromatic heterocycles. The van der Waals surface area contributed by atoms with Gasteiger partial charge in [0.2, 0.25) is 5.91 Å². The van der Waals surface area contributed by atoms with Crippen LogP contribution in [-0.4, -0.2) is 28.0 Å². The highest BCUT2D eigenvalue weighted by molar-refractivity contribution is 5.76. The van der Waals surface area contributed by atoms with Crippen molar-refractivity contribution in [3.05, 3.63) is 23.8 Å². The van der Waals surface area contributed by atoms with Crippen molar-refractivity contribution in [3.63, 3.8) is 0 Å². The first-order valence-corrected chi connectivity index (χ1v) is 7.50. The van der Waals surface area contributed by atoms with E-state index in [-0.39, 0.29) is 5.91 Å². The standard InChI is InChI=1S/C15H22N4O/c1-10-16-5-4-14(18-10)9-17-15(20)8-11-6-12-2-3-13(7-11)19-12/h4-5,11-13,19H,2-3,6-9H2,1H3,(H,17,20). The van der Waals surface area contributed by atoms with Crippen LogP contribution in [0.5, 0.6) is 0 Å². The maximum Gasteiger partial charge on any atom is 0.220 e. The van der Waals surface area contributed by atoms with E-state index in [4.69, 9.17) is 0 Å². The molecule has 0 radical (unpaired) electrons. The highest BCUT2D eigenvalue weighted by Crippen LogP contribution is 2.32. The van der Waals surface area contributed by atoms with Gasteiger partial charge in [-0.15, -0.1) is 0 Å². The van der Waals surface area contributed by atoms with E-state index in [2.05, 4.69) is 20.6 Å². The summed E-state index contributed by atoms with van der Waals surface area (Å²) in [6, 6.07) is 3.14. The minimum atomic E-state index is 0.146. The molecule has 1 amide bonds. The summed E-state index contributed by atoms with van der Waals surface area (Å²) in [5.74, 6) is 1.43. The van der Waals surface area contributed by atoms with Crippen LogP contribution >= 0.6 is 0 Å². The van der Waals surface area contributed by atoms with Gasteiger partial charge in [-0.2, -0.15) is 0 Å². The number of aryl methyl sites for hydroxylation is 1. The number of piperidine rings is 1. The van der Waals surface area contributed by atoms with Gasteiger partial charge in [-0.3, -0.25) is 4.79 Å². The van der Waals surface area contributed by atoms with Crippen LogP contribution in [-0.2, 0) is 11.3 Å². The summed E-state index contributed by atoms with van der Waals surface area (Å²) < 4.78 is 0. The van der Waals surface area contributed by atoms with Gasteiger partial charge >= 0.3 is 0 Å². The van der Waals surface area contributed by atoms with Gasteiger partial charge in [-0.25, -0.2) is 9.97 Å². The summed E-state index contributed by atoms with van der Waals surface area (Å²) in [7, 11) is 0. The summed E-state index contributed by atoms with van der Waals surface area (Å²) in [5.41, 5.74) is 0.872. The number of fused-ring (bicyclic) bond motifs is 2. The third-order valence-corrected chi connectivity index (χ3v) is 4.35. The van der Waals surface area contributed by atoms with Gasteiger partial charge in [-0.05, 0) is 44.6 Å². The predicted molar refractivity (Wildman–Crippen MR) is 75.9 cm³/mol. The van der Waals surface area contributed by atoms with Crippen LogP contribution in [0.2, 0.25) is 0 Å². The van der Waals surface area contributed by atoms with Crippen molar-refractivity contribution in [2.45, 2.75) is 57.7 Å². The lowest BCUT2D eigenvalue weighted by molar-refractivity contribution is -0.122. The van der Waals surface area contributed by atoms with Crippen LogP contribution in [0.3, 0.4) is 0 Å². The van der Waals surface area contributed by atoms with E-state index in [1.807, 2.05) is 13.0 Å². The van der Waals surface area contributed by atoms with E-state index < -0.39 is 0 Å². The summed E-state index contributed by atoms with van der Waals surface area (Å²) in [5, 5.41) is 6.58. The number of hydrogen-bond donors (Lipinski definition) is 2. The Labute approximate surface area is 119 Å². The molecule has 0 aliphatic carbocycles. The summed E-state index contributed by atoms with van der Waals surface area (Å²) >= 11 is 0. The average molecular weight is 274 g/mol. The second-order valence-electron chi connectivity index (χ2n) is 6.05. The van der Waals surface area contributed by atoms with Crippen molar-refractivity contribution >= 4 is 5.91 Å². The van der Waals surface area contributed by atoms with Crippen molar-refractivity contribution < 1.29 is 4.79 Å². The number of amides is 1. The Hall–Kier alpha value is -1.49. The van der Waals surface area contributed by atoms with E-state index in [1.165, 1.54) is 12.8 Å². The zero-order chi connectivity index (χ0) is 13.9. The Morgan fingerprint density at radius 3 is 2.85 bits per heavy atom. The van der Waals surface area contributed by atoms with Gasteiger partial charge in [0, 0.05) is 24.7 Å². The molecule has 2 fully saturated rings. The number of carbonyl (C=O) groups is 1. The maximum absolute atomic E-state index is 12.0. The van der Waals surface area contributed by atoms with Crippen molar-refractivity contribution in [2.75, 3.05) is 0 Å². The molecule has 0 saturated carbocycles. The Morgan fingerprint density at radius 1 is 1.40 bits per heavy atom. The number of carbonyl (C=O) groups excluding carboxylic acids is 1. The second-order valence-corrected chi connectivity index (χ2v) is 6.05. The quantitative estimate of drug-likeness (QED) is 0.869. The summed E-state index contributed by atoms with van der Waals surface area (Å²) in [4.78, 5) is 20.4. The largest absolute Gasteiger partial charge is 0.350 e. The molecule has 5 nitrogen and oxygen atoms in total. The Balaban J connectivity index is 1.45. The first-order chi connectivity index (χ1) is 9.69. The van der Waals surface area contributed by atoms with Gasteiger partial charge in [0.1, 0.15) is 5.82 Å². The van der Waals surface area contributed by atoms with Crippen LogP contribution in [0.1, 0.15) is 43.6 Å². The first-order valence-electron chi connectivity index (χ1n) is 7.50. The van der Waals surface area contributed by atoms with Crippen LogP contribution in [0.25, 0.3) is 0 Å². The van der Waals surface area contributed by atoms with E-state index in [0.717, 1.165) is 24.4 Å². The molecule has 2 N–H and O–H groups in total. The van der Waals surface area contributed by atoms with Gasteiger partial charge in [0.15, 0.2) is 0 Å². The highest BCUT2D eigenvalue weighted by Gasteiger charge is 2.34. The number of rotatable bonds is 4. The maximum atomic E-state index is 12.0. The monoisotopic (exact) mass is 274 g/mol. The van der Waals surface area contributed by atoms with Crippen LogP contribution in [0, 0.1) is 12.8 Å². The number of aromatic nitrogens is 2. The fraction of sp³-hybridized carbons (Fsp3) is 0.667. The van der Waals surface area contributed by atoms with Crippen LogP contribution < -0.4 is 10.6 Å². The molecule has 1 aromatic rings. The molecule has 20 heavy (non-hydrogen) atoms. The van der Waals surface area contributed by atoms with Gasteiger partial charge < -0.3 is 10.6 Å². The highest BCUT2D eigenvalue weighted by atomic mass is 16.1. The zero-order valence-corrected chi connectivity index (χ0v) is 11.9. The van der Waals surface area contributed by atoms with Gasteiger partial charge in [-0.1, -0.05) is 0 Å². The van der Waals surface area contributed by atoms with Crippen molar-refractivity contribution in [1.29, 1.82) is 0 Å². The van der Waals surface area contributed by atoms with E-state index in [9.17, 15) is 4.79 Å². The lowest BCUT2D eigenvalue weighted by Gasteiger charge is -2.28. The summed E-state index contributed by atoms with van der Waals surface area (Å²) in [6.07, 6.45) is 7.24. The molecule has 3 heterocycles. The number of hydrogen-bond acceptors (Lipinski definition) is 4. The fourth-order valence-electron chi connectivity index (χ4n) is 3.47. The lowest BCUT2D eigenvalue weighted by Crippen LogP contribution is -2.39. The molecule has 3 rings (SSSR count). The minimum absolute atomic E-state index is 0.146. The van der Waals surface area contributed by atoms with Gasteiger partial charge in [0.05, 0.1) is 12.2 Å². The third kappa shape index (κ3) is 3.33. The molecule has 2 aliphatic rings. The van der Waals surface area contributed by atoms with Crippen molar-refractivity contribution in [3.8, 4) is 0 Å². The molecular formula is C15H22N4O. The van der Waals surface area contributed by atoms with E-state index in [0.29, 0.717) is 31.0 Å². The summed E-state index contributed by atoms with van der Waals surface area (Å²) in [6.45, 7) is 2.36. The molecule has 2 atom stereocenters. The topological polar surface area (TPSA) is 66.9 Å². The Kier molecular flexibility index (Phi) is 3.96. The van der Waals surface area contributed by atoms with Crippen molar-refractivity contribution in [1.82, 2.24) is 20.6 Å². The molecular weight excluding hydrogens is 252 g/mol. The Morgan fingerprint density at radius 2 is 2.15 bits per heavy atom. The fourth-order valence-corrected chi connectivity index (χ4v) is 3.47. The molecule has 0 aromatic carbocycles. The molecule has 2 saturated heterocycles. The number of nitrogens with one attached hydrogen (secondary N) is 2. The average Bonchev–Trinajstić information content (AvgIpc) is 2.76. The molecule has 5 heteroatoms. The smallest absolute Gasteiger partial charge is 0.220 e. The molecule has 0 spiro atoms. The first kappa shape index (κ1) is 13.5.